The Morgan fingerprint density at radius 2 is 1.00 bits per heavy atom. The van der Waals surface area contributed by atoms with Gasteiger partial charge in [0.05, 0.1) is 5.92 Å². The number of hydrogen-bond acceptors (Lipinski definition) is 2. The molecule has 0 rings (SSSR count). The molecule has 0 aliphatic carbocycles. The summed E-state index contributed by atoms with van der Waals surface area (Å²) in [5.74, 6) is -0.681. The standard InChI is InChI=1S/C20H40O2.ClH.H3N/c1-3-5-7-8-9-10-11-12-13-14-15-16-18-19(20(21)22)17-6-4-2;;/h19H,3-18H2,1-2H3,(H,21,22);1H;1H3. The first-order valence-corrected chi connectivity index (χ1v) is 9.95. The minimum absolute atomic E-state index is 0. The van der Waals surface area contributed by atoms with Gasteiger partial charge < -0.3 is 11.3 Å². The van der Waals surface area contributed by atoms with E-state index in [1.54, 1.807) is 0 Å². The Kier molecular flexibility index (Phi) is 27.0. The van der Waals surface area contributed by atoms with Crippen molar-refractivity contribution in [3.8, 4) is 0 Å². The number of hydrogen-bond donors (Lipinski definition) is 2. The van der Waals surface area contributed by atoms with Crippen LogP contribution in [0.5, 0.6) is 0 Å². The second kappa shape index (κ2) is 22.7. The van der Waals surface area contributed by atoms with Crippen LogP contribution >= 0.6 is 12.4 Å². The molecule has 0 aliphatic rings. The smallest absolute Gasteiger partial charge is 0.306 e. The maximum absolute atomic E-state index is 11.1. The van der Waals surface area contributed by atoms with Crippen LogP contribution < -0.4 is 6.15 Å². The number of rotatable bonds is 17. The maximum Gasteiger partial charge on any atom is 0.306 e. The number of carboxylic acid groups (broad SMARTS) is 1. The van der Waals surface area contributed by atoms with E-state index in [-0.39, 0.29) is 24.5 Å². The second-order valence-corrected chi connectivity index (χ2v) is 6.86. The van der Waals surface area contributed by atoms with E-state index in [1.165, 1.54) is 70.6 Å². The van der Waals surface area contributed by atoms with Crippen molar-refractivity contribution in [2.24, 2.45) is 5.92 Å². The highest BCUT2D eigenvalue weighted by atomic mass is 35.5. The Balaban J connectivity index is -0.00000220. The van der Waals surface area contributed by atoms with Gasteiger partial charge in [0.15, 0.2) is 0 Å². The van der Waals surface area contributed by atoms with Gasteiger partial charge in [0.2, 0.25) is 0 Å². The summed E-state index contributed by atoms with van der Waals surface area (Å²) < 4.78 is 0. The van der Waals surface area contributed by atoms with Crippen LogP contribution in [-0.4, -0.2) is 11.1 Å². The summed E-state index contributed by atoms with van der Waals surface area (Å²) >= 11 is 0. The SMILES string of the molecule is CCCCCCCCCCCCCCC(CCCC)C(=O)O.Cl.N. The van der Waals surface area contributed by atoms with Crippen LogP contribution in [0.15, 0.2) is 0 Å². The molecule has 0 heterocycles. The number of unbranched alkanes of at least 4 members (excludes halogenated alkanes) is 12. The minimum Gasteiger partial charge on any atom is -0.481 e. The largest absolute Gasteiger partial charge is 0.481 e. The molecular formula is C20H44ClNO2. The lowest BCUT2D eigenvalue weighted by molar-refractivity contribution is -0.142. The fourth-order valence-electron chi connectivity index (χ4n) is 3.07. The van der Waals surface area contributed by atoms with Crippen molar-refractivity contribution >= 4 is 18.4 Å². The zero-order valence-corrected chi connectivity index (χ0v) is 17.2. The Morgan fingerprint density at radius 3 is 1.38 bits per heavy atom. The van der Waals surface area contributed by atoms with E-state index in [1.807, 2.05) is 0 Å². The molecule has 0 radical (unpaired) electrons. The first-order valence-electron chi connectivity index (χ1n) is 9.95. The molecule has 0 aromatic heterocycles. The molecule has 1 atom stereocenters. The van der Waals surface area contributed by atoms with Crippen LogP contribution in [0.1, 0.15) is 117 Å². The highest BCUT2D eigenvalue weighted by Gasteiger charge is 2.15. The summed E-state index contributed by atoms with van der Waals surface area (Å²) in [6.45, 7) is 4.39. The topological polar surface area (TPSA) is 72.3 Å². The molecule has 0 saturated carbocycles. The van der Waals surface area contributed by atoms with Crippen molar-refractivity contribution in [2.75, 3.05) is 0 Å². The van der Waals surface area contributed by atoms with E-state index in [0.29, 0.717) is 0 Å². The van der Waals surface area contributed by atoms with Gasteiger partial charge in [-0.3, -0.25) is 4.79 Å². The fraction of sp³-hybridized carbons (Fsp3) is 0.950. The van der Waals surface area contributed by atoms with E-state index in [2.05, 4.69) is 13.8 Å². The van der Waals surface area contributed by atoms with Gasteiger partial charge in [-0.05, 0) is 12.8 Å². The molecule has 0 aromatic carbocycles. The highest BCUT2D eigenvalue weighted by molar-refractivity contribution is 5.85. The summed E-state index contributed by atoms with van der Waals surface area (Å²) in [4.78, 5) is 11.1. The Morgan fingerprint density at radius 1 is 0.667 bits per heavy atom. The molecule has 0 saturated heterocycles. The Bertz CT molecular complexity index is 250. The van der Waals surface area contributed by atoms with Crippen LogP contribution in [0.4, 0.5) is 0 Å². The maximum atomic E-state index is 11.1. The third kappa shape index (κ3) is 19.8. The van der Waals surface area contributed by atoms with Crippen LogP contribution in [-0.2, 0) is 4.79 Å². The van der Waals surface area contributed by atoms with Gasteiger partial charge in [-0.25, -0.2) is 0 Å². The summed E-state index contributed by atoms with van der Waals surface area (Å²) in [6, 6.07) is 0. The summed E-state index contributed by atoms with van der Waals surface area (Å²) in [7, 11) is 0. The highest BCUT2D eigenvalue weighted by Crippen LogP contribution is 2.18. The predicted molar refractivity (Wildman–Crippen MR) is 109 cm³/mol. The van der Waals surface area contributed by atoms with Crippen LogP contribution in [0.2, 0.25) is 0 Å². The minimum atomic E-state index is -0.587. The summed E-state index contributed by atoms with van der Waals surface area (Å²) in [5, 5.41) is 9.18. The van der Waals surface area contributed by atoms with Gasteiger partial charge in [0.25, 0.3) is 0 Å². The molecule has 0 amide bonds. The molecule has 148 valence electrons. The van der Waals surface area contributed by atoms with Crippen molar-refractivity contribution in [1.82, 2.24) is 6.15 Å². The van der Waals surface area contributed by atoms with E-state index in [4.69, 9.17) is 0 Å². The van der Waals surface area contributed by atoms with Gasteiger partial charge >= 0.3 is 5.97 Å². The van der Waals surface area contributed by atoms with Crippen molar-refractivity contribution in [3.63, 3.8) is 0 Å². The third-order valence-corrected chi connectivity index (χ3v) is 4.66. The normalized spacial score (nSPS) is 11.4. The molecule has 0 aliphatic heterocycles. The fourth-order valence-corrected chi connectivity index (χ4v) is 3.07. The Hall–Kier alpha value is -0.280. The zero-order valence-electron chi connectivity index (χ0n) is 16.4. The number of aliphatic carboxylic acids is 1. The monoisotopic (exact) mass is 365 g/mol. The molecular weight excluding hydrogens is 322 g/mol. The third-order valence-electron chi connectivity index (χ3n) is 4.66. The molecule has 24 heavy (non-hydrogen) atoms. The first kappa shape index (κ1) is 28.5. The second-order valence-electron chi connectivity index (χ2n) is 6.86. The summed E-state index contributed by atoms with van der Waals surface area (Å²) in [6.07, 6.45) is 20.0. The van der Waals surface area contributed by atoms with Crippen molar-refractivity contribution in [3.05, 3.63) is 0 Å². The molecule has 0 bridgehead atoms. The molecule has 1 unspecified atom stereocenters. The lowest BCUT2D eigenvalue weighted by atomic mass is 9.95. The molecule has 4 heteroatoms. The van der Waals surface area contributed by atoms with E-state index in [0.717, 1.165) is 32.1 Å². The number of halogens is 1. The van der Waals surface area contributed by atoms with Crippen molar-refractivity contribution in [1.29, 1.82) is 0 Å². The van der Waals surface area contributed by atoms with Crippen LogP contribution in [0.3, 0.4) is 0 Å². The average molecular weight is 366 g/mol. The van der Waals surface area contributed by atoms with Crippen molar-refractivity contribution in [2.45, 2.75) is 117 Å². The van der Waals surface area contributed by atoms with E-state index < -0.39 is 5.97 Å². The predicted octanol–water partition coefficient (Wildman–Crippen LogP) is 7.55. The first-order chi connectivity index (χ1) is 10.7. The lowest BCUT2D eigenvalue weighted by Crippen LogP contribution is -2.13. The molecule has 4 N–H and O–H groups in total. The van der Waals surface area contributed by atoms with Gasteiger partial charge in [0, 0.05) is 0 Å². The van der Waals surface area contributed by atoms with Crippen molar-refractivity contribution < 1.29 is 9.90 Å². The van der Waals surface area contributed by atoms with Crippen LogP contribution in [0, 0.1) is 5.92 Å². The molecule has 0 aromatic rings. The molecule has 3 nitrogen and oxygen atoms in total. The number of carboxylic acids is 1. The summed E-state index contributed by atoms with van der Waals surface area (Å²) in [5.41, 5.74) is 0. The zero-order chi connectivity index (χ0) is 16.5. The average Bonchev–Trinajstić information content (AvgIpc) is 2.51. The Labute approximate surface area is 157 Å². The van der Waals surface area contributed by atoms with Gasteiger partial charge in [-0.1, -0.05) is 104 Å². The lowest BCUT2D eigenvalue weighted by Gasteiger charge is -2.11. The van der Waals surface area contributed by atoms with Gasteiger partial charge in [0.1, 0.15) is 0 Å². The quantitative estimate of drug-likeness (QED) is 0.261. The molecule has 0 spiro atoms. The molecule has 0 fully saturated rings. The van der Waals surface area contributed by atoms with Crippen LogP contribution in [0.25, 0.3) is 0 Å². The van der Waals surface area contributed by atoms with Gasteiger partial charge in [-0.15, -0.1) is 12.4 Å². The van der Waals surface area contributed by atoms with E-state index in [9.17, 15) is 9.90 Å². The number of carbonyl (C=O) groups is 1. The van der Waals surface area contributed by atoms with Gasteiger partial charge in [-0.2, -0.15) is 0 Å². The van der Waals surface area contributed by atoms with E-state index >= 15 is 0 Å².